The van der Waals surface area contributed by atoms with Gasteiger partial charge in [0.05, 0.1) is 100 Å². The third-order valence-corrected chi connectivity index (χ3v) is 16.1. The van der Waals surface area contributed by atoms with E-state index in [-0.39, 0.29) is 98.7 Å². The minimum absolute atomic E-state index is 0.00250. The molecule has 0 aromatic heterocycles. The highest BCUT2D eigenvalue weighted by Gasteiger charge is 2.34. The maximum Gasteiger partial charge on any atom is 0.409 e. The maximum absolute atomic E-state index is 13.8. The van der Waals surface area contributed by atoms with Crippen LogP contribution in [0.1, 0.15) is 199 Å². The highest BCUT2D eigenvalue weighted by atomic mass is 16.7. The van der Waals surface area contributed by atoms with Gasteiger partial charge in [-0.3, -0.25) is 38.4 Å². The Morgan fingerprint density at radius 2 is 0.412 bits per heavy atom. The van der Waals surface area contributed by atoms with Crippen molar-refractivity contribution in [1.82, 2.24) is 63.8 Å². The van der Waals surface area contributed by atoms with Crippen molar-refractivity contribution in [2.75, 3.05) is 53.6 Å². The Balaban J connectivity index is 8.00. The molecule has 12 N–H and O–H groups in total. The quantitative estimate of drug-likeness (QED) is 0.0177. The Hall–Kier alpha value is -10.0. The fraction of sp³-hybridized carbons (Fsp3) is 0.744. The second-order valence-corrected chi connectivity index (χ2v) is 31.4. The lowest BCUT2D eigenvalue weighted by Gasteiger charge is -2.24. The van der Waals surface area contributed by atoms with E-state index < -0.39 is 286 Å². The Morgan fingerprint density at radius 3 is 0.588 bits per heavy atom. The molecule has 0 heterocycles. The monoisotopic (exact) mass is 1710 g/mol. The van der Waals surface area contributed by atoms with E-state index in [4.69, 9.17) is 53.6 Å². The first kappa shape index (κ1) is 94.5. The number of hydrogen-bond donors (Lipinski definition) is 12. The minimum Gasteiger partial charge on any atom is -0.422 e. The molecule has 0 saturated carbocycles. The zero-order valence-corrected chi connectivity index (χ0v) is 70.7. The molecule has 676 valence electrons. The summed E-state index contributed by atoms with van der Waals surface area (Å²) < 4.78 is 111. The van der Waals surface area contributed by atoms with E-state index in [9.17, 15) is 95.9 Å². The third-order valence-electron chi connectivity index (χ3n) is 16.1. The fourth-order valence-corrected chi connectivity index (χ4v) is 10.8. The van der Waals surface area contributed by atoms with Gasteiger partial charge >= 0.3 is 24.4 Å². The molecule has 0 rings (SSSR count). The number of carbonyl (C=O) groups excluding carboxylic acids is 20. The van der Waals surface area contributed by atoms with Crippen molar-refractivity contribution in [2.45, 2.75) is 273 Å². The van der Waals surface area contributed by atoms with Gasteiger partial charge in [-0.25, -0.2) is 19.2 Å². The molecule has 0 aliphatic heterocycles. The molecule has 0 aromatic rings. The molecule has 0 aliphatic rings. The van der Waals surface area contributed by atoms with Gasteiger partial charge in [0.1, 0.15) is 97.4 Å². The van der Waals surface area contributed by atoms with Crippen LogP contribution >= 0.6 is 0 Å². The Kier molecular flexibility index (Phi) is 49.4. The van der Waals surface area contributed by atoms with Crippen LogP contribution in [-0.4, -0.2) is 260 Å². The molecule has 0 saturated heterocycles. The van der Waals surface area contributed by atoms with Gasteiger partial charge in [-0.05, 0) is 98.7 Å². The molecular weight excluding hydrogens is 1570 g/mol. The Labute approximate surface area is 706 Å². The summed E-state index contributed by atoms with van der Waals surface area (Å²) in [5, 5.41) is 27.0. The van der Waals surface area contributed by atoms with Gasteiger partial charge in [0.25, 0.3) is 0 Å². The van der Waals surface area contributed by atoms with Crippen LogP contribution in [0.15, 0.2) is 0 Å². The molecule has 41 nitrogen and oxygen atoms in total. The SMILES string of the molecule is [2H]C(=O)C(CC(C)C)NC(=O)CC(NC(=O)OCOCC(COCC(COCOC(=O)NC(CC(=O)NC(CC(C)C)C([2H])=O)C(=O)NC(CC(C)C)C([2H])=O)OCOC(=O)NC(CC(=O)NC(CC(C)C)C([2H])=O)C(=O)NC(CC(C)C)C([2H])=O)OCOC(=O)NC(CC(=O)NC(CC(C)C)C([2H])=O)C(=O)NC(CC(C)C)C([2H])=O)C(=O)NC(CC(C)C)C([2H])=O. The first-order valence-corrected chi connectivity index (χ1v) is 39.2. The molecule has 0 radical (unpaired) electrons. The molecule has 41 heteroatoms. The lowest BCUT2D eigenvalue weighted by Crippen LogP contribution is -2.53. The van der Waals surface area contributed by atoms with Gasteiger partial charge in [-0.1, -0.05) is 111 Å². The first-order chi connectivity index (χ1) is 59.1. The van der Waals surface area contributed by atoms with E-state index in [0.717, 1.165) is 0 Å². The summed E-state index contributed by atoms with van der Waals surface area (Å²) in [4.78, 5) is 261. The van der Waals surface area contributed by atoms with Crippen molar-refractivity contribution in [3.05, 3.63) is 0 Å². The summed E-state index contributed by atoms with van der Waals surface area (Å²) in [5.74, 6) is -10.9. The van der Waals surface area contributed by atoms with Crippen molar-refractivity contribution < 1.29 is 149 Å². The largest absolute Gasteiger partial charge is 0.422 e. The van der Waals surface area contributed by atoms with Crippen molar-refractivity contribution in [1.29, 1.82) is 0 Å². The molecule has 0 aliphatic carbocycles. The number of alkyl carbamates (subject to hydrolysis) is 4. The summed E-state index contributed by atoms with van der Waals surface area (Å²) in [5.41, 5.74) is 0. The van der Waals surface area contributed by atoms with Gasteiger partial charge in [0.15, 0.2) is 27.2 Å². The predicted octanol–water partition coefficient (Wildman–Crippen LogP) is 1.41. The minimum atomic E-state index is -1.93. The van der Waals surface area contributed by atoms with Crippen LogP contribution in [0.25, 0.3) is 0 Å². The number of ether oxygens (including phenoxy) is 9. The summed E-state index contributed by atoms with van der Waals surface area (Å²) in [7, 11) is 0. The van der Waals surface area contributed by atoms with Gasteiger partial charge in [-0.2, -0.15) is 0 Å². The first-order valence-electron chi connectivity index (χ1n) is 43.2. The lowest BCUT2D eigenvalue weighted by atomic mass is 10.0. The predicted molar refractivity (Wildman–Crippen MR) is 424 cm³/mol. The van der Waals surface area contributed by atoms with Crippen molar-refractivity contribution >= 4 is 122 Å². The molecule has 14 unspecified atom stereocenters. The van der Waals surface area contributed by atoms with Crippen LogP contribution in [0, 0.1) is 47.3 Å². The van der Waals surface area contributed by atoms with Crippen LogP contribution in [0.2, 0.25) is 0 Å². The molecule has 0 fully saturated rings. The molecular formula is C78H130N12O29. The van der Waals surface area contributed by atoms with E-state index >= 15 is 0 Å². The zero-order chi connectivity index (χ0) is 97.2. The summed E-state index contributed by atoms with van der Waals surface area (Å²) in [6, 6.07) is -18.9. The third kappa shape index (κ3) is 53.9. The Bertz CT molecular complexity index is 3420. The second-order valence-electron chi connectivity index (χ2n) is 31.4. The van der Waals surface area contributed by atoms with Gasteiger partial charge < -0.3 is 145 Å². The molecule has 14 atom stereocenters. The normalized spacial score (nSPS) is 15.8. The van der Waals surface area contributed by atoms with Crippen LogP contribution in [0.5, 0.6) is 0 Å². The number of rotatable bonds is 66. The van der Waals surface area contributed by atoms with Crippen LogP contribution in [0.4, 0.5) is 19.2 Å². The highest BCUT2D eigenvalue weighted by molar-refractivity contribution is 5.96. The average molecular weight is 1710 g/mol. The van der Waals surface area contributed by atoms with Gasteiger partial charge in [-0.15, -0.1) is 0 Å². The van der Waals surface area contributed by atoms with E-state index in [1.165, 1.54) is 0 Å². The van der Waals surface area contributed by atoms with E-state index in [1.807, 2.05) is 0 Å². The topological polar surface area (TPSA) is 569 Å². The maximum atomic E-state index is 13.8. The molecule has 0 spiro atoms. The second kappa shape index (κ2) is 62.2. The number of hydrogen-bond acceptors (Lipinski definition) is 29. The number of amides is 12. The van der Waals surface area contributed by atoms with Crippen molar-refractivity contribution in [3.8, 4) is 0 Å². The zero-order valence-electron chi connectivity index (χ0n) is 78.7. The standard InChI is InChI=1S/C78H130N12O29/c1-45(2)17-53(29-91)79-67(99)25-63(71(103)83-57(33-95)21-49(9)10)87-75(107)116-41-112-39-61(114-43-118-77(109)89-65(73(105)85-59(35-97)23-51(13)14)27-69(101)81-55(31-93)19-47(5)6)37-111-38-62(115-44-119-78(110)90-66(74(106)86-60(36-98)24-52(15)16)28-70(102)82-56(32-94)20-48(7)8)40-113-42-117-76(108)88-64(72(104)84-58(34-96)22-50(11)12)26-68(100)80-54(30-92)18-46(3)4/h29-36,45-66H,17-28,37-44H2,1-16H3,(H,79,99)(H,80,100)(H,81,101)(H,82,102)(H,83,103)(H,84,104)(H,85,105)(H,86,106)(H,87,107)(H,88,108)(H,89,109)(H,90,110)/i29D,30D,31D,32D,33D,34D,35D,36D. The lowest BCUT2D eigenvalue weighted by molar-refractivity contribution is -0.151. The number of aldehydes is 8. The molecule has 0 bridgehead atoms. The van der Waals surface area contributed by atoms with E-state index in [2.05, 4.69) is 63.8 Å². The summed E-state index contributed by atoms with van der Waals surface area (Å²) in [6.45, 7) is 19.4. The van der Waals surface area contributed by atoms with Crippen LogP contribution in [0.3, 0.4) is 0 Å². The van der Waals surface area contributed by atoms with Crippen LogP contribution in [-0.2, 0) is 119 Å². The Morgan fingerprint density at radius 1 is 0.244 bits per heavy atom. The average Bonchev–Trinajstić information content (AvgIpc) is 0.881. The molecule has 12 amide bonds. The van der Waals surface area contributed by atoms with Crippen molar-refractivity contribution in [2.24, 2.45) is 47.3 Å². The smallest absolute Gasteiger partial charge is 0.409 e. The fourth-order valence-electron chi connectivity index (χ4n) is 10.8. The van der Waals surface area contributed by atoms with Crippen LogP contribution < -0.4 is 63.8 Å². The number of nitrogens with one attached hydrogen (secondary N) is 12. The van der Waals surface area contributed by atoms with E-state index in [0.29, 0.717) is 0 Å². The van der Waals surface area contributed by atoms with Crippen molar-refractivity contribution in [3.63, 3.8) is 0 Å². The summed E-state index contributed by atoms with van der Waals surface area (Å²) >= 11 is 0. The van der Waals surface area contributed by atoms with Gasteiger partial charge in [0.2, 0.25) is 47.3 Å². The van der Waals surface area contributed by atoms with Gasteiger partial charge in [0, 0.05) is 0 Å². The van der Waals surface area contributed by atoms with E-state index in [1.54, 1.807) is 111 Å². The molecule has 119 heavy (non-hydrogen) atoms. The molecule has 0 aromatic carbocycles. The summed E-state index contributed by atoms with van der Waals surface area (Å²) in [6.07, 6.45) is -22.9. The highest BCUT2D eigenvalue weighted by Crippen LogP contribution is 2.14. The number of carbonyl (C=O) groups is 20.